The SMILES string of the molecule is CCOC(=O)C1=C(c2ccccc2)N=c2s/c(=C\c3cc(N=Nc4ccccc4)ccc3O)c(=O)n2[C@@H]1c1ccc(OC)c(OC)c1. The molecule has 0 saturated heterocycles. The number of aromatic nitrogens is 1. The number of ether oxygens (including phenoxy) is 3. The van der Waals surface area contributed by atoms with Crippen molar-refractivity contribution in [3.63, 3.8) is 0 Å². The Kier molecular flexibility index (Phi) is 9.07. The molecule has 0 aliphatic carbocycles. The largest absolute Gasteiger partial charge is 0.507 e. The van der Waals surface area contributed by atoms with Crippen LogP contribution in [0.25, 0.3) is 11.8 Å². The number of methoxy groups -OCH3 is 2. The van der Waals surface area contributed by atoms with Crippen LogP contribution in [-0.4, -0.2) is 36.5 Å². The maximum Gasteiger partial charge on any atom is 0.338 e. The molecule has 11 heteroatoms. The average Bonchev–Trinajstić information content (AvgIpc) is 3.42. The standard InChI is InChI=1S/C36H30N4O6S/c1-4-46-35(43)31-32(22-11-7-5-8-12-22)37-36-40(33(31)23-15-18-28(44-2)29(20-23)45-3)34(42)30(47-36)21-24-19-26(16-17-27(24)41)39-38-25-13-9-6-10-14-25/h5-21,33,41H,4H2,1-3H3/b30-21-,39-38?/t33-/m1/s1. The molecule has 0 spiro atoms. The lowest BCUT2D eigenvalue weighted by Crippen LogP contribution is -2.40. The van der Waals surface area contributed by atoms with Crippen molar-refractivity contribution < 1.29 is 24.1 Å². The van der Waals surface area contributed by atoms with E-state index in [2.05, 4.69) is 10.2 Å². The maximum atomic E-state index is 14.3. The van der Waals surface area contributed by atoms with Crippen LogP contribution in [0, 0.1) is 0 Å². The van der Waals surface area contributed by atoms with Gasteiger partial charge >= 0.3 is 5.97 Å². The van der Waals surface area contributed by atoms with Crippen molar-refractivity contribution >= 4 is 40.5 Å². The van der Waals surface area contributed by atoms with Gasteiger partial charge in [0.15, 0.2) is 16.3 Å². The van der Waals surface area contributed by atoms with Gasteiger partial charge in [0.25, 0.3) is 5.56 Å². The van der Waals surface area contributed by atoms with Crippen LogP contribution in [-0.2, 0) is 9.53 Å². The van der Waals surface area contributed by atoms with Crippen molar-refractivity contribution in [1.82, 2.24) is 4.57 Å². The normalized spacial score (nSPS) is 14.5. The van der Waals surface area contributed by atoms with Crippen LogP contribution in [0.3, 0.4) is 0 Å². The number of hydrogen-bond acceptors (Lipinski definition) is 10. The topological polar surface area (TPSA) is 124 Å². The van der Waals surface area contributed by atoms with Gasteiger partial charge < -0.3 is 19.3 Å². The summed E-state index contributed by atoms with van der Waals surface area (Å²) in [7, 11) is 3.05. The average molecular weight is 647 g/mol. The molecule has 0 amide bonds. The molecule has 0 radical (unpaired) electrons. The molecule has 1 atom stereocenters. The number of hydrogen-bond donors (Lipinski definition) is 1. The monoisotopic (exact) mass is 646 g/mol. The molecule has 5 aromatic rings. The number of fused-ring (bicyclic) bond motifs is 1. The van der Waals surface area contributed by atoms with E-state index < -0.39 is 17.6 Å². The Morgan fingerprint density at radius 3 is 2.32 bits per heavy atom. The molecule has 1 aromatic heterocycles. The minimum absolute atomic E-state index is 0.0388. The van der Waals surface area contributed by atoms with E-state index in [1.54, 1.807) is 43.3 Å². The molecule has 0 fully saturated rings. The van der Waals surface area contributed by atoms with Gasteiger partial charge in [-0.2, -0.15) is 10.2 Å². The van der Waals surface area contributed by atoms with E-state index in [-0.39, 0.29) is 17.9 Å². The molecule has 1 aliphatic rings. The first-order chi connectivity index (χ1) is 22.9. The van der Waals surface area contributed by atoms with Gasteiger partial charge in [0.1, 0.15) is 5.75 Å². The van der Waals surface area contributed by atoms with E-state index in [0.717, 1.165) is 11.3 Å². The van der Waals surface area contributed by atoms with E-state index >= 15 is 0 Å². The van der Waals surface area contributed by atoms with E-state index in [4.69, 9.17) is 19.2 Å². The predicted octanol–water partition coefficient (Wildman–Crippen LogP) is 6.07. The second kappa shape index (κ2) is 13.7. The molecule has 4 aromatic carbocycles. The number of azo groups is 1. The van der Waals surface area contributed by atoms with E-state index in [9.17, 15) is 14.7 Å². The highest BCUT2D eigenvalue weighted by Gasteiger charge is 2.35. The lowest BCUT2D eigenvalue weighted by atomic mass is 9.93. The number of carbonyl (C=O) groups excluding carboxylic acids is 1. The summed E-state index contributed by atoms with van der Waals surface area (Å²) in [6.45, 7) is 1.85. The number of phenols is 1. The van der Waals surface area contributed by atoms with Crippen molar-refractivity contribution in [3.05, 3.63) is 139 Å². The highest BCUT2D eigenvalue weighted by atomic mass is 32.1. The molecular formula is C36H30N4O6S. The van der Waals surface area contributed by atoms with Crippen LogP contribution in [0.4, 0.5) is 11.4 Å². The third kappa shape index (κ3) is 6.34. The number of esters is 1. The molecule has 47 heavy (non-hydrogen) atoms. The first-order valence-corrected chi connectivity index (χ1v) is 15.5. The van der Waals surface area contributed by atoms with Crippen LogP contribution in [0.5, 0.6) is 17.2 Å². The van der Waals surface area contributed by atoms with Gasteiger partial charge in [-0.3, -0.25) is 9.36 Å². The third-order valence-corrected chi connectivity index (χ3v) is 8.41. The molecular weight excluding hydrogens is 616 g/mol. The quantitative estimate of drug-likeness (QED) is 0.153. The van der Waals surface area contributed by atoms with E-state index in [1.807, 2.05) is 60.7 Å². The summed E-state index contributed by atoms with van der Waals surface area (Å²) in [6, 6.07) is 27.7. The summed E-state index contributed by atoms with van der Waals surface area (Å²) in [6.07, 6.45) is 1.59. The first kappa shape index (κ1) is 31.2. The summed E-state index contributed by atoms with van der Waals surface area (Å²) < 4.78 is 18.3. The minimum Gasteiger partial charge on any atom is -0.507 e. The summed E-state index contributed by atoms with van der Waals surface area (Å²) in [4.78, 5) is 33.3. The molecule has 1 N–H and O–H groups in total. The lowest BCUT2D eigenvalue weighted by molar-refractivity contribution is -0.138. The van der Waals surface area contributed by atoms with Crippen molar-refractivity contribution in [2.45, 2.75) is 13.0 Å². The molecule has 6 rings (SSSR count). The van der Waals surface area contributed by atoms with Gasteiger partial charge in [-0.15, -0.1) is 0 Å². The Bertz CT molecular complexity index is 2190. The number of thiazole rings is 1. The summed E-state index contributed by atoms with van der Waals surface area (Å²) >= 11 is 1.14. The molecule has 236 valence electrons. The first-order valence-electron chi connectivity index (χ1n) is 14.7. The molecule has 0 bridgehead atoms. The van der Waals surface area contributed by atoms with Crippen LogP contribution in [0.15, 0.2) is 123 Å². The van der Waals surface area contributed by atoms with Crippen LogP contribution in [0.1, 0.15) is 29.7 Å². The smallest absolute Gasteiger partial charge is 0.338 e. The van der Waals surface area contributed by atoms with Gasteiger partial charge in [0.2, 0.25) is 0 Å². The van der Waals surface area contributed by atoms with Crippen LogP contribution < -0.4 is 24.4 Å². The van der Waals surface area contributed by atoms with Gasteiger partial charge in [0, 0.05) is 11.1 Å². The Labute approximate surface area is 273 Å². The number of phenolic OH excluding ortho intramolecular Hbond substituents is 1. The predicted molar refractivity (Wildman–Crippen MR) is 179 cm³/mol. The molecule has 0 unspecified atom stereocenters. The number of rotatable bonds is 9. The highest BCUT2D eigenvalue weighted by Crippen LogP contribution is 2.38. The van der Waals surface area contributed by atoms with Crippen LogP contribution in [0.2, 0.25) is 0 Å². The number of benzene rings is 4. The zero-order chi connectivity index (χ0) is 32.9. The minimum atomic E-state index is -0.915. The fourth-order valence-corrected chi connectivity index (χ4v) is 6.24. The van der Waals surface area contributed by atoms with Gasteiger partial charge in [-0.1, -0.05) is 65.9 Å². The van der Waals surface area contributed by atoms with Crippen molar-refractivity contribution in [2.75, 3.05) is 20.8 Å². The maximum absolute atomic E-state index is 14.3. The fraction of sp³-hybridized carbons (Fsp3) is 0.139. The molecule has 0 saturated carbocycles. The van der Waals surface area contributed by atoms with Gasteiger partial charge in [-0.05, 0) is 61.0 Å². The summed E-state index contributed by atoms with van der Waals surface area (Å²) in [5.41, 5.74) is 3.01. The van der Waals surface area contributed by atoms with E-state index in [1.165, 1.54) is 24.9 Å². The Morgan fingerprint density at radius 1 is 0.915 bits per heavy atom. The lowest BCUT2D eigenvalue weighted by Gasteiger charge is -2.26. The van der Waals surface area contributed by atoms with E-state index in [0.29, 0.717) is 54.6 Å². The van der Waals surface area contributed by atoms with Gasteiger partial charge in [0.05, 0.1) is 54.0 Å². The van der Waals surface area contributed by atoms with Crippen molar-refractivity contribution in [2.24, 2.45) is 15.2 Å². The third-order valence-electron chi connectivity index (χ3n) is 7.43. The van der Waals surface area contributed by atoms with Crippen molar-refractivity contribution in [3.8, 4) is 17.2 Å². The Balaban J connectivity index is 1.57. The Hall–Kier alpha value is -5.81. The second-order valence-electron chi connectivity index (χ2n) is 10.3. The fourth-order valence-electron chi connectivity index (χ4n) is 5.25. The second-order valence-corrected chi connectivity index (χ2v) is 11.3. The van der Waals surface area contributed by atoms with Gasteiger partial charge in [-0.25, -0.2) is 9.79 Å². The van der Waals surface area contributed by atoms with Crippen LogP contribution >= 0.6 is 11.3 Å². The highest BCUT2D eigenvalue weighted by molar-refractivity contribution is 7.07. The zero-order valence-corrected chi connectivity index (χ0v) is 26.6. The molecule has 10 nitrogen and oxygen atoms in total. The molecule has 1 aliphatic heterocycles. The van der Waals surface area contributed by atoms with Crippen molar-refractivity contribution in [1.29, 1.82) is 0 Å². The molecule has 2 heterocycles. The summed E-state index contributed by atoms with van der Waals surface area (Å²) in [5, 5.41) is 19.3. The number of carbonyl (C=O) groups is 1. The zero-order valence-electron chi connectivity index (χ0n) is 25.8. The summed E-state index contributed by atoms with van der Waals surface area (Å²) in [5.74, 6) is 0.287. The Morgan fingerprint density at radius 2 is 1.62 bits per heavy atom. The number of aromatic hydroxyl groups is 1. The number of nitrogens with zero attached hydrogens (tertiary/aromatic N) is 4.